The van der Waals surface area contributed by atoms with Crippen LogP contribution in [0, 0.1) is 5.82 Å². The molecule has 0 atom stereocenters. The van der Waals surface area contributed by atoms with E-state index in [0.29, 0.717) is 23.7 Å². The Bertz CT molecular complexity index is 1020. The number of halogens is 1. The molecule has 1 saturated heterocycles. The lowest BCUT2D eigenvalue weighted by Crippen LogP contribution is -2.48. The lowest BCUT2D eigenvalue weighted by atomic mass is 10.2. The van der Waals surface area contributed by atoms with E-state index in [-0.39, 0.29) is 17.3 Å². The molecule has 0 unspecified atom stereocenters. The summed E-state index contributed by atoms with van der Waals surface area (Å²) < 4.78 is 14.5. The fourth-order valence-electron chi connectivity index (χ4n) is 3.24. The molecule has 1 aromatic carbocycles. The third kappa shape index (κ3) is 4.44. The molecule has 1 aliphatic heterocycles. The summed E-state index contributed by atoms with van der Waals surface area (Å²) in [7, 11) is 0. The average molecular weight is 401 g/mol. The van der Waals surface area contributed by atoms with E-state index in [2.05, 4.69) is 20.1 Å². The smallest absolute Gasteiger partial charge is 0.258 e. The van der Waals surface area contributed by atoms with Crippen molar-refractivity contribution in [2.24, 2.45) is 0 Å². The number of hydrogen-bond acceptors (Lipinski definition) is 6. The number of hydrogen-bond donors (Lipinski definition) is 1. The molecule has 0 radical (unpaired) electrons. The van der Waals surface area contributed by atoms with Gasteiger partial charge in [0.1, 0.15) is 5.82 Å². The second kappa shape index (κ2) is 8.17. The second-order valence-electron chi connectivity index (χ2n) is 6.75. The van der Waals surface area contributed by atoms with Gasteiger partial charge >= 0.3 is 0 Å². The molecule has 4 rings (SSSR count). The zero-order valence-electron chi connectivity index (χ0n) is 15.2. The van der Waals surface area contributed by atoms with Crippen LogP contribution in [0.5, 0.6) is 0 Å². The molecular weight excluding hydrogens is 381 g/mol. The van der Waals surface area contributed by atoms with Gasteiger partial charge in [0, 0.05) is 56.1 Å². The summed E-state index contributed by atoms with van der Waals surface area (Å²) in [4.78, 5) is 33.8. The number of fused-ring (bicyclic) bond motifs is 1. The molecule has 3 heterocycles. The molecule has 0 saturated carbocycles. The molecule has 1 amide bonds. The number of piperazine rings is 1. The number of nitrogens with zero attached hydrogens (tertiary/aromatic N) is 4. The van der Waals surface area contributed by atoms with E-state index in [0.717, 1.165) is 31.9 Å². The summed E-state index contributed by atoms with van der Waals surface area (Å²) in [6, 6.07) is 7.32. The van der Waals surface area contributed by atoms with Crippen LogP contribution in [0.1, 0.15) is 5.69 Å². The number of carbonyl (C=O) groups excluding carboxylic acids is 1. The van der Waals surface area contributed by atoms with E-state index in [9.17, 15) is 14.0 Å². The van der Waals surface area contributed by atoms with Gasteiger partial charge in [-0.15, -0.1) is 11.3 Å². The lowest BCUT2D eigenvalue weighted by molar-refractivity contribution is -0.117. The quantitative estimate of drug-likeness (QED) is 0.704. The first kappa shape index (κ1) is 18.7. The lowest BCUT2D eigenvalue weighted by Gasteiger charge is -2.34. The van der Waals surface area contributed by atoms with Gasteiger partial charge in [-0.25, -0.2) is 9.37 Å². The van der Waals surface area contributed by atoms with Gasteiger partial charge in [0.05, 0.1) is 12.2 Å². The maximum Gasteiger partial charge on any atom is 0.258 e. The van der Waals surface area contributed by atoms with Crippen LogP contribution in [-0.2, 0) is 11.3 Å². The van der Waals surface area contributed by atoms with E-state index in [1.54, 1.807) is 28.8 Å². The molecule has 0 spiro atoms. The predicted molar refractivity (Wildman–Crippen MR) is 106 cm³/mol. The van der Waals surface area contributed by atoms with E-state index in [4.69, 9.17) is 0 Å². The van der Waals surface area contributed by atoms with Gasteiger partial charge in [0.15, 0.2) is 4.96 Å². The maximum atomic E-state index is 12.9. The first-order valence-corrected chi connectivity index (χ1v) is 9.91. The number of anilines is 1. The SMILES string of the molecule is O=C(CN1CCN(Cc2cc(=O)n3ccsc3n2)CC1)Nc1ccc(F)cc1. The number of benzene rings is 1. The van der Waals surface area contributed by atoms with Crippen LogP contribution >= 0.6 is 11.3 Å². The zero-order chi connectivity index (χ0) is 19.5. The van der Waals surface area contributed by atoms with Crippen molar-refractivity contribution in [3.63, 3.8) is 0 Å². The first-order chi connectivity index (χ1) is 13.6. The summed E-state index contributed by atoms with van der Waals surface area (Å²) in [6.07, 6.45) is 1.73. The first-order valence-electron chi connectivity index (χ1n) is 9.03. The molecule has 1 fully saturated rings. The number of amides is 1. The molecule has 3 aromatic rings. The minimum Gasteiger partial charge on any atom is -0.325 e. The van der Waals surface area contributed by atoms with E-state index in [1.807, 2.05) is 5.38 Å². The van der Waals surface area contributed by atoms with Crippen LogP contribution in [-0.4, -0.2) is 57.8 Å². The van der Waals surface area contributed by atoms with Gasteiger partial charge in [-0.05, 0) is 24.3 Å². The Morgan fingerprint density at radius 2 is 1.86 bits per heavy atom. The largest absolute Gasteiger partial charge is 0.325 e. The second-order valence-corrected chi connectivity index (χ2v) is 7.62. The van der Waals surface area contributed by atoms with Gasteiger partial charge in [-0.3, -0.25) is 23.8 Å². The van der Waals surface area contributed by atoms with Crippen molar-refractivity contribution in [3.05, 3.63) is 63.8 Å². The Balaban J connectivity index is 1.27. The minimum atomic E-state index is -0.329. The van der Waals surface area contributed by atoms with Crippen LogP contribution in [0.4, 0.5) is 10.1 Å². The molecule has 0 bridgehead atoms. The Hall–Kier alpha value is -2.62. The van der Waals surface area contributed by atoms with E-state index >= 15 is 0 Å². The van der Waals surface area contributed by atoms with Crippen LogP contribution < -0.4 is 10.9 Å². The summed E-state index contributed by atoms with van der Waals surface area (Å²) in [6.45, 7) is 4.05. The maximum absolute atomic E-state index is 12.9. The molecule has 146 valence electrons. The summed E-state index contributed by atoms with van der Waals surface area (Å²) in [5, 5.41) is 4.63. The van der Waals surface area contributed by atoms with Crippen LogP contribution in [0.25, 0.3) is 4.96 Å². The highest BCUT2D eigenvalue weighted by atomic mass is 32.1. The van der Waals surface area contributed by atoms with Crippen molar-refractivity contribution in [1.82, 2.24) is 19.2 Å². The average Bonchev–Trinajstić information content (AvgIpc) is 3.14. The van der Waals surface area contributed by atoms with Crippen molar-refractivity contribution in [2.45, 2.75) is 6.54 Å². The van der Waals surface area contributed by atoms with Crippen LogP contribution in [0.3, 0.4) is 0 Å². The standard InChI is InChI=1S/C19H20FN5O2S/c20-14-1-3-15(4-2-14)21-17(26)13-24-7-5-23(6-8-24)12-16-11-18(27)25-9-10-28-19(25)22-16/h1-4,9-11H,5-8,12-13H2,(H,21,26). The Morgan fingerprint density at radius 1 is 1.14 bits per heavy atom. The summed E-state index contributed by atoms with van der Waals surface area (Å²) in [5.74, 6) is -0.442. The summed E-state index contributed by atoms with van der Waals surface area (Å²) in [5.41, 5.74) is 1.30. The zero-order valence-corrected chi connectivity index (χ0v) is 16.0. The molecule has 0 aliphatic carbocycles. The molecule has 28 heavy (non-hydrogen) atoms. The molecule has 1 N–H and O–H groups in total. The Kier molecular flexibility index (Phi) is 5.47. The van der Waals surface area contributed by atoms with Gasteiger partial charge < -0.3 is 5.32 Å². The van der Waals surface area contributed by atoms with E-state index in [1.165, 1.54) is 23.5 Å². The van der Waals surface area contributed by atoms with Crippen molar-refractivity contribution >= 4 is 27.9 Å². The van der Waals surface area contributed by atoms with Crippen LogP contribution in [0.2, 0.25) is 0 Å². The Labute approximate surface area is 165 Å². The highest BCUT2D eigenvalue weighted by molar-refractivity contribution is 7.15. The number of nitrogens with one attached hydrogen (secondary N) is 1. The van der Waals surface area contributed by atoms with Gasteiger partial charge in [-0.2, -0.15) is 0 Å². The predicted octanol–water partition coefficient (Wildman–Crippen LogP) is 1.65. The van der Waals surface area contributed by atoms with Crippen molar-refractivity contribution < 1.29 is 9.18 Å². The molecular formula is C19H20FN5O2S. The Morgan fingerprint density at radius 3 is 2.61 bits per heavy atom. The fraction of sp³-hybridized carbons (Fsp3) is 0.316. The van der Waals surface area contributed by atoms with Crippen molar-refractivity contribution in [2.75, 3.05) is 38.0 Å². The number of carbonyl (C=O) groups is 1. The fourth-order valence-corrected chi connectivity index (χ4v) is 3.98. The van der Waals surface area contributed by atoms with Gasteiger partial charge in [-0.1, -0.05) is 0 Å². The highest BCUT2D eigenvalue weighted by Gasteiger charge is 2.20. The van der Waals surface area contributed by atoms with Crippen molar-refractivity contribution in [3.8, 4) is 0 Å². The molecule has 9 heteroatoms. The van der Waals surface area contributed by atoms with Gasteiger partial charge in [0.2, 0.25) is 5.91 Å². The summed E-state index contributed by atoms with van der Waals surface area (Å²) >= 11 is 1.45. The minimum absolute atomic E-state index is 0.0580. The third-order valence-electron chi connectivity index (χ3n) is 4.70. The highest BCUT2D eigenvalue weighted by Crippen LogP contribution is 2.11. The number of aromatic nitrogens is 2. The topological polar surface area (TPSA) is 70.0 Å². The monoisotopic (exact) mass is 401 g/mol. The number of thiazole rings is 1. The molecule has 2 aromatic heterocycles. The molecule has 7 nitrogen and oxygen atoms in total. The number of rotatable bonds is 5. The normalized spacial score (nSPS) is 15.8. The third-order valence-corrected chi connectivity index (χ3v) is 5.46. The van der Waals surface area contributed by atoms with Gasteiger partial charge in [0.25, 0.3) is 5.56 Å². The van der Waals surface area contributed by atoms with Crippen molar-refractivity contribution in [1.29, 1.82) is 0 Å². The van der Waals surface area contributed by atoms with E-state index < -0.39 is 0 Å². The molecule has 1 aliphatic rings. The van der Waals surface area contributed by atoms with Crippen LogP contribution in [0.15, 0.2) is 46.7 Å².